The summed E-state index contributed by atoms with van der Waals surface area (Å²) in [6.45, 7) is 0.666. The van der Waals surface area contributed by atoms with Crippen molar-refractivity contribution in [3.63, 3.8) is 0 Å². The molecule has 0 amide bonds. The number of aromatic amines is 1. The van der Waals surface area contributed by atoms with Crippen LogP contribution in [0.25, 0.3) is 0 Å². The third-order valence-corrected chi connectivity index (χ3v) is 3.24. The number of rotatable bonds is 6. The Kier molecular flexibility index (Phi) is 4.68. The number of thioether (sulfide) groups is 1. The van der Waals surface area contributed by atoms with Crippen molar-refractivity contribution < 1.29 is 4.74 Å². The fourth-order valence-corrected chi connectivity index (χ4v) is 2.12. The van der Waals surface area contributed by atoms with Crippen LogP contribution in [0.1, 0.15) is 12.0 Å². The second-order valence-electron chi connectivity index (χ2n) is 3.58. The van der Waals surface area contributed by atoms with Gasteiger partial charge in [0.1, 0.15) is 5.75 Å². The summed E-state index contributed by atoms with van der Waals surface area (Å²) < 4.78 is 5.57. The van der Waals surface area contributed by atoms with E-state index in [0.717, 1.165) is 23.1 Å². The molecule has 0 spiro atoms. The van der Waals surface area contributed by atoms with E-state index in [4.69, 9.17) is 10.00 Å². The molecule has 0 radical (unpaired) electrons. The molecule has 0 bridgehead atoms. The molecule has 1 N–H and O–H groups in total. The van der Waals surface area contributed by atoms with Crippen molar-refractivity contribution in [2.45, 2.75) is 11.6 Å². The number of benzene rings is 1. The lowest BCUT2D eigenvalue weighted by atomic mass is 10.2. The van der Waals surface area contributed by atoms with E-state index in [2.05, 4.69) is 16.0 Å². The molecule has 4 nitrogen and oxygen atoms in total. The van der Waals surface area contributed by atoms with Gasteiger partial charge < -0.3 is 9.72 Å². The quantitative estimate of drug-likeness (QED) is 0.640. The van der Waals surface area contributed by atoms with Crippen LogP contribution >= 0.6 is 11.8 Å². The molecule has 1 heterocycles. The van der Waals surface area contributed by atoms with Crippen molar-refractivity contribution in [3.05, 3.63) is 42.2 Å². The topological polar surface area (TPSA) is 61.7 Å². The van der Waals surface area contributed by atoms with Gasteiger partial charge in [0, 0.05) is 18.1 Å². The van der Waals surface area contributed by atoms with Crippen LogP contribution in [0.5, 0.6) is 5.75 Å². The molecule has 0 aliphatic carbocycles. The van der Waals surface area contributed by atoms with Crippen LogP contribution in [-0.4, -0.2) is 22.3 Å². The fraction of sp³-hybridized carbons (Fsp3) is 0.231. The summed E-state index contributed by atoms with van der Waals surface area (Å²) in [5.74, 6) is 1.76. The highest BCUT2D eigenvalue weighted by Gasteiger charge is 1.97. The van der Waals surface area contributed by atoms with Crippen molar-refractivity contribution in [1.29, 1.82) is 5.26 Å². The lowest BCUT2D eigenvalue weighted by Crippen LogP contribution is -1.98. The van der Waals surface area contributed by atoms with Crippen LogP contribution in [0, 0.1) is 11.3 Å². The first kappa shape index (κ1) is 12.5. The second kappa shape index (κ2) is 6.72. The molecule has 1 aromatic heterocycles. The summed E-state index contributed by atoms with van der Waals surface area (Å²) in [6, 6.07) is 9.23. The Morgan fingerprint density at radius 1 is 1.33 bits per heavy atom. The van der Waals surface area contributed by atoms with Gasteiger partial charge in [-0.2, -0.15) is 5.26 Å². The molecule has 1 aromatic carbocycles. The Balaban J connectivity index is 1.64. The number of H-pyrrole nitrogens is 1. The summed E-state index contributed by atoms with van der Waals surface area (Å²) >= 11 is 1.68. The third kappa shape index (κ3) is 3.82. The van der Waals surface area contributed by atoms with E-state index in [1.807, 2.05) is 18.3 Å². The van der Waals surface area contributed by atoms with E-state index in [1.54, 1.807) is 30.1 Å². The average Bonchev–Trinajstić information content (AvgIpc) is 2.92. The predicted molar refractivity (Wildman–Crippen MR) is 70.6 cm³/mol. The van der Waals surface area contributed by atoms with Gasteiger partial charge in [0.05, 0.1) is 18.2 Å². The standard InChI is InChI=1S/C13H13N3OS/c14-10-11-2-4-12(5-3-11)17-8-1-9-18-13-15-6-7-16-13/h2-7H,1,8-9H2,(H,15,16). The summed E-state index contributed by atoms with van der Waals surface area (Å²) in [6.07, 6.45) is 4.51. The molecule has 92 valence electrons. The normalized spacial score (nSPS) is 9.94. The highest BCUT2D eigenvalue weighted by atomic mass is 32.2. The zero-order valence-electron chi connectivity index (χ0n) is 9.80. The maximum atomic E-state index is 8.66. The van der Waals surface area contributed by atoms with E-state index in [0.29, 0.717) is 12.2 Å². The first-order valence-electron chi connectivity index (χ1n) is 5.63. The summed E-state index contributed by atoms with van der Waals surface area (Å²) in [7, 11) is 0. The number of hydrogen-bond donors (Lipinski definition) is 1. The van der Waals surface area contributed by atoms with E-state index in [1.165, 1.54) is 0 Å². The highest BCUT2D eigenvalue weighted by molar-refractivity contribution is 7.99. The van der Waals surface area contributed by atoms with Gasteiger partial charge in [-0.05, 0) is 30.7 Å². The molecule has 0 aliphatic heterocycles. The Bertz CT molecular complexity index is 502. The molecule has 0 atom stereocenters. The molecule has 5 heteroatoms. The predicted octanol–water partition coefficient (Wildman–Crippen LogP) is 2.84. The van der Waals surface area contributed by atoms with Crippen molar-refractivity contribution in [2.75, 3.05) is 12.4 Å². The van der Waals surface area contributed by atoms with Crippen molar-refractivity contribution in [2.24, 2.45) is 0 Å². The van der Waals surface area contributed by atoms with Crippen molar-refractivity contribution >= 4 is 11.8 Å². The molecular formula is C13H13N3OS. The minimum atomic E-state index is 0.649. The Morgan fingerprint density at radius 2 is 2.17 bits per heavy atom. The number of hydrogen-bond acceptors (Lipinski definition) is 4. The summed E-state index contributed by atoms with van der Waals surface area (Å²) in [4.78, 5) is 7.17. The lowest BCUT2D eigenvalue weighted by molar-refractivity contribution is 0.318. The molecule has 0 unspecified atom stereocenters. The highest BCUT2D eigenvalue weighted by Crippen LogP contribution is 2.14. The number of aromatic nitrogens is 2. The van der Waals surface area contributed by atoms with Crippen molar-refractivity contribution in [1.82, 2.24) is 9.97 Å². The van der Waals surface area contributed by atoms with Gasteiger partial charge in [-0.15, -0.1) is 0 Å². The van der Waals surface area contributed by atoms with Gasteiger partial charge in [-0.1, -0.05) is 11.8 Å². The van der Waals surface area contributed by atoms with Crippen LogP contribution in [0.15, 0.2) is 41.8 Å². The van der Waals surface area contributed by atoms with Crippen LogP contribution in [0.2, 0.25) is 0 Å². The Hall–Kier alpha value is -1.93. The minimum Gasteiger partial charge on any atom is -0.494 e. The first-order chi connectivity index (χ1) is 8.88. The summed E-state index contributed by atoms with van der Waals surface area (Å²) in [5.41, 5.74) is 0.649. The number of ether oxygens (including phenoxy) is 1. The van der Waals surface area contributed by atoms with Gasteiger partial charge in [-0.25, -0.2) is 4.98 Å². The maximum Gasteiger partial charge on any atom is 0.165 e. The largest absolute Gasteiger partial charge is 0.494 e. The van der Waals surface area contributed by atoms with Crippen LogP contribution < -0.4 is 4.74 Å². The number of nitrogens with zero attached hydrogens (tertiary/aromatic N) is 2. The van der Waals surface area contributed by atoms with E-state index in [9.17, 15) is 0 Å². The lowest BCUT2D eigenvalue weighted by Gasteiger charge is -2.05. The van der Waals surface area contributed by atoms with E-state index in [-0.39, 0.29) is 0 Å². The van der Waals surface area contributed by atoms with E-state index >= 15 is 0 Å². The zero-order chi connectivity index (χ0) is 12.6. The molecule has 0 saturated carbocycles. The monoisotopic (exact) mass is 259 g/mol. The van der Waals surface area contributed by atoms with Gasteiger partial charge >= 0.3 is 0 Å². The zero-order valence-corrected chi connectivity index (χ0v) is 10.6. The molecule has 18 heavy (non-hydrogen) atoms. The van der Waals surface area contributed by atoms with Crippen LogP contribution in [0.4, 0.5) is 0 Å². The average molecular weight is 259 g/mol. The number of imidazole rings is 1. The second-order valence-corrected chi connectivity index (χ2v) is 4.66. The van der Waals surface area contributed by atoms with Gasteiger partial charge in [0.15, 0.2) is 5.16 Å². The van der Waals surface area contributed by atoms with Gasteiger partial charge in [0.25, 0.3) is 0 Å². The fourth-order valence-electron chi connectivity index (χ4n) is 1.37. The Morgan fingerprint density at radius 3 is 2.83 bits per heavy atom. The maximum absolute atomic E-state index is 8.66. The Labute approximate surface area is 110 Å². The number of nitrogens with one attached hydrogen (secondary N) is 1. The molecule has 2 rings (SSSR count). The number of nitriles is 1. The van der Waals surface area contributed by atoms with Crippen LogP contribution in [0.3, 0.4) is 0 Å². The molecule has 2 aromatic rings. The molecule has 0 saturated heterocycles. The minimum absolute atomic E-state index is 0.649. The van der Waals surface area contributed by atoms with E-state index < -0.39 is 0 Å². The first-order valence-corrected chi connectivity index (χ1v) is 6.62. The third-order valence-electron chi connectivity index (χ3n) is 2.25. The molecule has 0 aliphatic rings. The van der Waals surface area contributed by atoms with Crippen LogP contribution in [-0.2, 0) is 0 Å². The van der Waals surface area contributed by atoms with Gasteiger partial charge in [-0.3, -0.25) is 0 Å². The molecule has 0 fully saturated rings. The summed E-state index contributed by atoms with van der Waals surface area (Å²) in [5, 5.41) is 9.60. The molecular weight excluding hydrogens is 246 g/mol. The smallest absolute Gasteiger partial charge is 0.165 e. The van der Waals surface area contributed by atoms with Crippen molar-refractivity contribution in [3.8, 4) is 11.8 Å². The van der Waals surface area contributed by atoms with Gasteiger partial charge in [0.2, 0.25) is 0 Å². The SMILES string of the molecule is N#Cc1ccc(OCCCSc2ncc[nH]2)cc1.